The highest BCUT2D eigenvalue weighted by molar-refractivity contribution is 6.25. The Morgan fingerprint density at radius 1 is 0.525 bits per heavy atom. The minimum Gasteiger partial charge on any atom is -0.309 e. The molecule has 0 atom stereocenters. The minimum absolute atomic E-state index is 0.0918. The molecule has 0 amide bonds. The zero-order valence-corrected chi connectivity index (χ0v) is 22.6. The second-order valence-electron chi connectivity index (χ2n) is 11.8. The smallest absolute Gasteiger partial charge is 0.0584 e. The summed E-state index contributed by atoms with van der Waals surface area (Å²) < 4.78 is 2.48. The highest BCUT2D eigenvalue weighted by Crippen LogP contribution is 2.54. The summed E-state index contributed by atoms with van der Waals surface area (Å²) in [5.74, 6) is 0. The number of fused-ring (bicyclic) bond motifs is 5. The van der Waals surface area contributed by atoms with Crippen LogP contribution in [0.15, 0.2) is 127 Å². The van der Waals surface area contributed by atoms with E-state index in [1.165, 1.54) is 82.4 Å². The lowest BCUT2D eigenvalue weighted by Gasteiger charge is -2.21. The van der Waals surface area contributed by atoms with Crippen molar-refractivity contribution in [2.75, 3.05) is 0 Å². The molecule has 0 fully saturated rings. The van der Waals surface area contributed by atoms with Crippen molar-refractivity contribution in [2.45, 2.75) is 19.3 Å². The summed E-state index contributed by atoms with van der Waals surface area (Å²) in [6, 6.07) is 47.3. The van der Waals surface area contributed by atoms with Crippen LogP contribution in [0.3, 0.4) is 0 Å². The van der Waals surface area contributed by atoms with Crippen LogP contribution in [0.1, 0.15) is 25.0 Å². The maximum absolute atomic E-state index is 2.48. The lowest BCUT2D eigenvalue weighted by atomic mass is 9.81. The van der Waals surface area contributed by atoms with Gasteiger partial charge in [-0.3, -0.25) is 0 Å². The van der Waals surface area contributed by atoms with Crippen molar-refractivity contribution in [3.63, 3.8) is 0 Å². The molecule has 0 saturated carbocycles. The summed E-state index contributed by atoms with van der Waals surface area (Å²) in [7, 11) is 0. The standard InChI is InChI=1S/C39H27N/c1-39(2)33-14-7-6-13-31(33)38-37(39)32-23-27(19-22-34(32)40(38)28-11-4-3-5-12-28)29-20-17-26-16-15-24-9-8-10-25-18-21-30(29)36(26)35(24)25/h3-23H,1-2H3. The number of hydrogen-bond donors (Lipinski definition) is 0. The van der Waals surface area contributed by atoms with Gasteiger partial charge in [0.1, 0.15) is 0 Å². The van der Waals surface area contributed by atoms with Gasteiger partial charge in [-0.15, -0.1) is 0 Å². The van der Waals surface area contributed by atoms with Crippen LogP contribution >= 0.6 is 0 Å². The maximum Gasteiger partial charge on any atom is 0.0584 e. The Hall–Kier alpha value is -4.88. The van der Waals surface area contributed by atoms with Crippen molar-refractivity contribution in [3.05, 3.63) is 139 Å². The van der Waals surface area contributed by atoms with Crippen LogP contribution in [-0.2, 0) is 5.41 Å². The quantitative estimate of drug-likeness (QED) is 0.204. The fraction of sp³-hybridized carbons (Fsp3) is 0.0769. The molecule has 0 spiro atoms. The van der Waals surface area contributed by atoms with Gasteiger partial charge in [-0.1, -0.05) is 117 Å². The Bertz CT molecular complexity index is 2270. The molecule has 8 aromatic rings. The predicted molar refractivity (Wildman–Crippen MR) is 170 cm³/mol. The Morgan fingerprint density at radius 3 is 2.05 bits per heavy atom. The lowest BCUT2D eigenvalue weighted by molar-refractivity contribution is 0.666. The highest BCUT2D eigenvalue weighted by Gasteiger charge is 2.40. The molecular formula is C39H27N. The highest BCUT2D eigenvalue weighted by atomic mass is 15.0. The fourth-order valence-electron chi connectivity index (χ4n) is 7.55. The van der Waals surface area contributed by atoms with Crippen LogP contribution in [0, 0.1) is 0 Å². The summed E-state index contributed by atoms with van der Waals surface area (Å²) in [4.78, 5) is 0. The van der Waals surface area contributed by atoms with E-state index in [4.69, 9.17) is 0 Å². The summed E-state index contributed by atoms with van der Waals surface area (Å²) in [5.41, 5.74) is 10.4. The zero-order chi connectivity index (χ0) is 26.6. The van der Waals surface area contributed by atoms with Crippen molar-refractivity contribution < 1.29 is 0 Å². The number of benzene rings is 7. The van der Waals surface area contributed by atoms with Gasteiger partial charge in [-0.25, -0.2) is 0 Å². The molecule has 1 aliphatic carbocycles. The molecule has 9 rings (SSSR count). The van der Waals surface area contributed by atoms with E-state index in [9.17, 15) is 0 Å². The van der Waals surface area contributed by atoms with E-state index >= 15 is 0 Å². The largest absolute Gasteiger partial charge is 0.309 e. The molecule has 0 unspecified atom stereocenters. The van der Waals surface area contributed by atoms with E-state index in [0.29, 0.717) is 0 Å². The van der Waals surface area contributed by atoms with Gasteiger partial charge in [-0.05, 0) is 78.8 Å². The number of hydrogen-bond acceptors (Lipinski definition) is 0. The molecule has 1 aromatic heterocycles. The van der Waals surface area contributed by atoms with Crippen LogP contribution in [-0.4, -0.2) is 4.57 Å². The monoisotopic (exact) mass is 509 g/mol. The van der Waals surface area contributed by atoms with Crippen LogP contribution in [0.2, 0.25) is 0 Å². The normalized spacial score (nSPS) is 13.9. The molecular weight excluding hydrogens is 482 g/mol. The average molecular weight is 510 g/mol. The first-order chi connectivity index (χ1) is 19.6. The van der Waals surface area contributed by atoms with Gasteiger partial charge in [0, 0.05) is 22.1 Å². The molecule has 0 saturated heterocycles. The third-order valence-electron chi connectivity index (χ3n) is 9.30. The number of para-hydroxylation sites is 1. The van der Waals surface area contributed by atoms with Crippen molar-refractivity contribution in [3.8, 4) is 28.1 Å². The van der Waals surface area contributed by atoms with Crippen molar-refractivity contribution in [1.82, 2.24) is 4.57 Å². The summed E-state index contributed by atoms with van der Waals surface area (Å²) in [6.45, 7) is 4.77. The van der Waals surface area contributed by atoms with Gasteiger partial charge in [0.2, 0.25) is 0 Å². The van der Waals surface area contributed by atoms with Gasteiger partial charge in [0.15, 0.2) is 0 Å². The van der Waals surface area contributed by atoms with Crippen molar-refractivity contribution in [1.29, 1.82) is 0 Å². The van der Waals surface area contributed by atoms with Gasteiger partial charge in [-0.2, -0.15) is 0 Å². The third kappa shape index (κ3) is 2.72. The first kappa shape index (κ1) is 22.0. The Morgan fingerprint density at radius 2 is 1.23 bits per heavy atom. The van der Waals surface area contributed by atoms with Crippen LogP contribution in [0.4, 0.5) is 0 Å². The molecule has 188 valence electrons. The molecule has 7 aromatic carbocycles. The molecule has 1 nitrogen and oxygen atoms in total. The molecule has 1 aliphatic rings. The minimum atomic E-state index is -0.0918. The van der Waals surface area contributed by atoms with Crippen LogP contribution < -0.4 is 0 Å². The van der Waals surface area contributed by atoms with Crippen LogP contribution in [0.5, 0.6) is 0 Å². The third-order valence-corrected chi connectivity index (χ3v) is 9.30. The second-order valence-corrected chi connectivity index (χ2v) is 11.8. The predicted octanol–water partition coefficient (Wildman–Crippen LogP) is 10.5. The Labute approximate surface area is 233 Å². The molecule has 0 N–H and O–H groups in total. The fourth-order valence-corrected chi connectivity index (χ4v) is 7.55. The molecule has 0 radical (unpaired) electrons. The summed E-state index contributed by atoms with van der Waals surface area (Å²) in [5, 5.41) is 9.31. The van der Waals surface area contributed by atoms with E-state index in [1.807, 2.05) is 0 Å². The van der Waals surface area contributed by atoms with E-state index in [-0.39, 0.29) is 5.41 Å². The van der Waals surface area contributed by atoms with Gasteiger partial charge >= 0.3 is 0 Å². The average Bonchev–Trinajstić information content (AvgIpc) is 3.46. The first-order valence-corrected chi connectivity index (χ1v) is 14.1. The van der Waals surface area contributed by atoms with Crippen molar-refractivity contribution in [2.24, 2.45) is 0 Å². The van der Waals surface area contributed by atoms with Gasteiger partial charge < -0.3 is 4.57 Å². The Balaban J connectivity index is 1.38. The van der Waals surface area contributed by atoms with Gasteiger partial charge in [0.25, 0.3) is 0 Å². The lowest BCUT2D eigenvalue weighted by Crippen LogP contribution is -2.14. The van der Waals surface area contributed by atoms with Crippen molar-refractivity contribution >= 4 is 43.2 Å². The maximum atomic E-state index is 2.48. The number of nitrogens with zero attached hydrogens (tertiary/aromatic N) is 1. The number of aromatic nitrogens is 1. The molecule has 0 bridgehead atoms. The molecule has 0 aliphatic heterocycles. The molecule has 40 heavy (non-hydrogen) atoms. The zero-order valence-electron chi connectivity index (χ0n) is 22.6. The van der Waals surface area contributed by atoms with Crippen LogP contribution in [0.25, 0.3) is 71.3 Å². The van der Waals surface area contributed by atoms with Gasteiger partial charge in [0.05, 0.1) is 11.2 Å². The van der Waals surface area contributed by atoms with E-state index in [2.05, 4.69) is 146 Å². The molecule has 1 heteroatoms. The summed E-state index contributed by atoms with van der Waals surface area (Å²) in [6.07, 6.45) is 0. The van der Waals surface area contributed by atoms with E-state index in [1.54, 1.807) is 0 Å². The second kappa shape index (κ2) is 7.61. The van der Waals surface area contributed by atoms with E-state index < -0.39 is 0 Å². The first-order valence-electron chi connectivity index (χ1n) is 14.1. The van der Waals surface area contributed by atoms with E-state index in [0.717, 1.165) is 0 Å². The topological polar surface area (TPSA) is 4.93 Å². The summed E-state index contributed by atoms with van der Waals surface area (Å²) >= 11 is 0. The Kier molecular flexibility index (Phi) is 4.18. The molecule has 1 heterocycles. The number of rotatable bonds is 2. The SMILES string of the molecule is CC1(C)c2ccccc2-c2c1c1cc(-c3ccc4ccc5cccc6ccc3c4c56)ccc1n2-c1ccccc1.